The third-order valence-electron chi connectivity index (χ3n) is 3.19. The zero-order valence-corrected chi connectivity index (χ0v) is 14.6. The number of nitrogens with one attached hydrogen (secondary N) is 1. The highest BCUT2D eigenvalue weighted by Gasteiger charge is 2.14. The van der Waals surface area contributed by atoms with Gasteiger partial charge >= 0.3 is 0 Å². The van der Waals surface area contributed by atoms with Crippen molar-refractivity contribution in [2.24, 2.45) is 0 Å². The van der Waals surface area contributed by atoms with E-state index in [1.54, 1.807) is 11.8 Å². The zero-order valence-electron chi connectivity index (χ0n) is 13.8. The number of hydrogen-bond donors (Lipinski definition) is 1. The van der Waals surface area contributed by atoms with Gasteiger partial charge in [0.25, 0.3) is 0 Å². The van der Waals surface area contributed by atoms with E-state index in [2.05, 4.69) is 17.4 Å². The molecule has 0 bridgehead atoms. The molecule has 0 unspecified atom stereocenters. The Morgan fingerprint density at radius 2 is 1.83 bits per heavy atom. The van der Waals surface area contributed by atoms with E-state index in [1.807, 2.05) is 63.2 Å². The van der Waals surface area contributed by atoms with Gasteiger partial charge < -0.3 is 10.1 Å². The van der Waals surface area contributed by atoms with Gasteiger partial charge in [0.15, 0.2) is 0 Å². The number of amides is 1. The molecule has 1 atom stereocenters. The van der Waals surface area contributed by atoms with Gasteiger partial charge in [0.1, 0.15) is 5.75 Å². The molecule has 0 fully saturated rings. The summed E-state index contributed by atoms with van der Waals surface area (Å²) < 4.78 is 5.65. The van der Waals surface area contributed by atoms with Crippen LogP contribution in [0.2, 0.25) is 0 Å². The van der Waals surface area contributed by atoms with Gasteiger partial charge in [0, 0.05) is 17.5 Å². The van der Waals surface area contributed by atoms with Crippen LogP contribution >= 0.6 is 11.8 Å². The Labute approximate surface area is 142 Å². The van der Waals surface area contributed by atoms with Crippen molar-refractivity contribution in [1.82, 2.24) is 0 Å². The smallest absolute Gasteiger partial charge is 0.237 e. The second-order valence-corrected chi connectivity index (χ2v) is 6.95. The first kappa shape index (κ1) is 17.4. The van der Waals surface area contributed by atoms with Gasteiger partial charge in [-0.25, -0.2) is 0 Å². The molecule has 0 saturated heterocycles. The molecule has 4 heteroatoms. The van der Waals surface area contributed by atoms with Crippen LogP contribution in [0.3, 0.4) is 0 Å². The van der Waals surface area contributed by atoms with Gasteiger partial charge in [0.05, 0.1) is 11.4 Å². The largest absolute Gasteiger partial charge is 0.491 e. The van der Waals surface area contributed by atoms with Gasteiger partial charge in [0.2, 0.25) is 5.91 Å². The maximum Gasteiger partial charge on any atom is 0.237 e. The molecule has 23 heavy (non-hydrogen) atoms. The van der Waals surface area contributed by atoms with Crippen LogP contribution in [0.1, 0.15) is 26.3 Å². The van der Waals surface area contributed by atoms with E-state index >= 15 is 0 Å². The lowest BCUT2D eigenvalue weighted by molar-refractivity contribution is -0.115. The maximum absolute atomic E-state index is 12.3. The summed E-state index contributed by atoms with van der Waals surface area (Å²) in [6.07, 6.45) is 0.112. The molecular weight excluding hydrogens is 306 g/mol. The summed E-state index contributed by atoms with van der Waals surface area (Å²) in [4.78, 5) is 12.3. The molecule has 2 rings (SSSR count). The van der Waals surface area contributed by atoms with Crippen molar-refractivity contribution in [2.45, 2.75) is 37.9 Å². The molecule has 122 valence electrons. The normalized spacial score (nSPS) is 12.0. The molecule has 0 saturated carbocycles. The average molecular weight is 329 g/mol. The molecular formula is C19H23NO2S. The summed E-state index contributed by atoms with van der Waals surface area (Å²) in [6, 6.07) is 17.7. The third kappa shape index (κ3) is 5.99. The molecule has 0 spiro atoms. The van der Waals surface area contributed by atoms with Crippen molar-refractivity contribution >= 4 is 23.4 Å². The predicted molar refractivity (Wildman–Crippen MR) is 98.0 cm³/mol. The Bertz CT molecular complexity index is 628. The number of carbonyl (C=O) groups excluding carboxylic acids is 1. The van der Waals surface area contributed by atoms with Crippen LogP contribution in [0.15, 0.2) is 54.6 Å². The Kier molecular flexibility index (Phi) is 6.53. The van der Waals surface area contributed by atoms with Crippen molar-refractivity contribution in [3.63, 3.8) is 0 Å². The number of thioether (sulfide) groups is 1. The molecule has 0 aromatic heterocycles. The van der Waals surface area contributed by atoms with Crippen LogP contribution in [-0.4, -0.2) is 17.3 Å². The monoisotopic (exact) mass is 329 g/mol. The highest BCUT2D eigenvalue weighted by molar-refractivity contribution is 7.99. The van der Waals surface area contributed by atoms with Crippen molar-refractivity contribution in [3.05, 3.63) is 60.2 Å². The lowest BCUT2D eigenvalue weighted by Crippen LogP contribution is -2.22. The molecule has 2 aromatic rings. The van der Waals surface area contributed by atoms with Gasteiger partial charge in [-0.2, -0.15) is 0 Å². The van der Waals surface area contributed by atoms with Crippen LogP contribution in [0.5, 0.6) is 5.75 Å². The number of ether oxygens (including phenoxy) is 1. The summed E-state index contributed by atoms with van der Waals surface area (Å²) in [6.45, 7) is 5.89. The standard InChI is InChI=1S/C19H23NO2S/c1-14(2)22-18-11-7-10-17(12-18)20-19(21)15(3)23-13-16-8-5-4-6-9-16/h4-12,14-15H,13H2,1-3H3,(H,20,21)/t15-/m1/s1. The number of rotatable bonds is 7. The summed E-state index contributed by atoms with van der Waals surface area (Å²) in [7, 11) is 0. The fourth-order valence-corrected chi connectivity index (χ4v) is 2.88. The van der Waals surface area contributed by atoms with E-state index in [0.717, 1.165) is 17.2 Å². The highest BCUT2D eigenvalue weighted by atomic mass is 32.2. The van der Waals surface area contributed by atoms with Crippen molar-refractivity contribution < 1.29 is 9.53 Å². The van der Waals surface area contributed by atoms with Gasteiger partial charge in [-0.15, -0.1) is 11.8 Å². The second kappa shape index (κ2) is 8.63. The van der Waals surface area contributed by atoms with Crippen LogP contribution in [0, 0.1) is 0 Å². The maximum atomic E-state index is 12.3. The number of benzene rings is 2. The van der Waals surface area contributed by atoms with Crippen LogP contribution < -0.4 is 10.1 Å². The highest BCUT2D eigenvalue weighted by Crippen LogP contribution is 2.22. The Morgan fingerprint density at radius 3 is 2.52 bits per heavy atom. The molecule has 1 N–H and O–H groups in total. The molecule has 0 aliphatic rings. The Hall–Kier alpha value is -1.94. The summed E-state index contributed by atoms with van der Waals surface area (Å²) >= 11 is 1.63. The summed E-state index contributed by atoms with van der Waals surface area (Å²) in [5.41, 5.74) is 1.99. The predicted octanol–water partition coefficient (Wildman–Crippen LogP) is 4.73. The van der Waals surface area contributed by atoms with E-state index in [1.165, 1.54) is 5.56 Å². The molecule has 0 radical (unpaired) electrons. The topological polar surface area (TPSA) is 38.3 Å². The second-order valence-electron chi connectivity index (χ2n) is 5.62. The van der Waals surface area contributed by atoms with Crippen LogP contribution in [0.25, 0.3) is 0 Å². The summed E-state index contributed by atoms with van der Waals surface area (Å²) in [5, 5.41) is 2.83. The van der Waals surface area contributed by atoms with E-state index in [-0.39, 0.29) is 17.3 Å². The molecule has 1 amide bonds. The fraction of sp³-hybridized carbons (Fsp3) is 0.316. The zero-order chi connectivity index (χ0) is 16.7. The Morgan fingerprint density at radius 1 is 1.09 bits per heavy atom. The van der Waals surface area contributed by atoms with Crippen molar-refractivity contribution in [3.8, 4) is 5.75 Å². The molecule has 2 aromatic carbocycles. The quantitative estimate of drug-likeness (QED) is 0.798. The first-order valence-electron chi connectivity index (χ1n) is 7.77. The van der Waals surface area contributed by atoms with E-state index < -0.39 is 0 Å². The minimum absolute atomic E-state index is 0.00706. The van der Waals surface area contributed by atoms with Crippen molar-refractivity contribution in [2.75, 3.05) is 5.32 Å². The van der Waals surface area contributed by atoms with E-state index in [0.29, 0.717) is 0 Å². The van der Waals surface area contributed by atoms with Gasteiger partial charge in [-0.05, 0) is 38.5 Å². The summed E-state index contributed by atoms with van der Waals surface area (Å²) in [5.74, 6) is 1.60. The van der Waals surface area contributed by atoms with Gasteiger partial charge in [-0.1, -0.05) is 36.4 Å². The number of hydrogen-bond acceptors (Lipinski definition) is 3. The third-order valence-corrected chi connectivity index (χ3v) is 4.40. The Balaban J connectivity index is 1.88. The van der Waals surface area contributed by atoms with Crippen LogP contribution in [-0.2, 0) is 10.5 Å². The lowest BCUT2D eigenvalue weighted by Gasteiger charge is -2.14. The number of carbonyl (C=O) groups is 1. The SMILES string of the molecule is CC(C)Oc1cccc(NC(=O)[C@@H](C)SCc2ccccc2)c1. The molecule has 0 aliphatic heterocycles. The van der Waals surface area contributed by atoms with E-state index in [4.69, 9.17) is 4.74 Å². The molecule has 0 heterocycles. The van der Waals surface area contributed by atoms with Crippen molar-refractivity contribution in [1.29, 1.82) is 0 Å². The molecule has 0 aliphatic carbocycles. The van der Waals surface area contributed by atoms with Crippen LogP contribution in [0.4, 0.5) is 5.69 Å². The molecule has 3 nitrogen and oxygen atoms in total. The fourth-order valence-electron chi connectivity index (χ4n) is 2.03. The van der Waals surface area contributed by atoms with E-state index in [9.17, 15) is 4.79 Å². The average Bonchev–Trinajstić information content (AvgIpc) is 2.53. The van der Waals surface area contributed by atoms with Gasteiger partial charge in [-0.3, -0.25) is 4.79 Å². The minimum atomic E-state index is -0.120. The first-order chi connectivity index (χ1) is 11.0. The minimum Gasteiger partial charge on any atom is -0.491 e. The number of anilines is 1. The lowest BCUT2D eigenvalue weighted by atomic mass is 10.2. The first-order valence-corrected chi connectivity index (χ1v) is 8.82.